The lowest BCUT2D eigenvalue weighted by Gasteiger charge is -2.38. The van der Waals surface area contributed by atoms with Crippen molar-refractivity contribution in [2.24, 2.45) is 5.41 Å². The van der Waals surface area contributed by atoms with Gasteiger partial charge in [-0.25, -0.2) is 0 Å². The van der Waals surface area contributed by atoms with Gasteiger partial charge in [0.05, 0.1) is 13.2 Å². The van der Waals surface area contributed by atoms with Gasteiger partial charge in [0.15, 0.2) is 0 Å². The molecule has 1 aliphatic heterocycles. The third kappa shape index (κ3) is 5.68. The van der Waals surface area contributed by atoms with E-state index in [-0.39, 0.29) is 5.41 Å². The highest BCUT2D eigenvalue weighted by Crippen LogP contribution is 2.30. The normalized spacial score (nSPS) is 24.8. The molecule has 20 heavy (non-hydrogen) atoms. The first kappa shape index (κ1) is 17.9. The van der Waals surface area contributed by atoms with E-state index in [0.29, 0.717) is 12.1 Å². The van der Waals surface area contributed by atoms with E-state index in [4.69, 9.17) is 9.47 Å². The van der Waals surface area contributed by atoms with Crippen LogP contribution in [0, 0.1) is 5.41 Å². The number of nitrogens with one attached hydrogen (secondary N) is 1. The summed E-state index contributed by atoms with van der Waals surface area (Å²) in [6, 6.07) is 1.13. The molecule has 1 aliphatic rings. The van der Waals surface area contributed by atoms with Crippen molar-refractivity contribution in [2.75, 3.05) is 46.6 Å². The van der Waals surface area contributed by atoms with Crippen LogP contribution >= 0.6 is 0 Å². The van der Waals surface area contributed by atoms with Gasteiger partial charge in [-0.05, 0) is 19.8 Å². The largest absolute Gasteiger partial charge is 0.383 e. The first-order valence-electron chi connectivity index (χ1n) is 8.07. The van der Waals surface area contributed by atoms with Gasteiger partial charge in [-0.15, -0.1) is 0 Å². The smallest absolute Gasteiger partial charge is 0.0589 e. The van der Waals surface area contributed by atoms with Crippen molar-refractivity contribution >= 4 is 0 Å². The highest BCUT2D eigenvalue weighted by Gasteiger charge is 2.37. The van der Waals surface area contributed by atoms with Gasteiger partial charge in [0.25, 0.3) is 0 Å². The fraction of sp³-hybridized carbons (Fsp3) is 1.00. The molecule has 120 valence electrons. The van der Waals surface area contributed by atoms with Crippen molar-refractivity contribution in [3.05, 3.63) is 0 Å². The van der Waals surface area contributed by atoms with Crippen molar-refractivity contribution in [1.82, 2.24) is 10.2 Å². The second-order valence-corrected chi connectivity index (χ2v) is 6.56. The lowest BCUT2D eigenvalue weighted by molar-refractivity contribution is 0.0645. The van der Waals surface area contributed by atoms with E-state index in [0.717, 1.165) is 45.9 Å². The van der Waals surface area contributed by atoms with Gasteiger partial charge in [-0.3, -0.25) is 4.90 Å². The summed E-state index contributed by atoms with van der Waals surface area (Å²) < 4.78 is 11.0. The highest BCUT2D eigenvalue weighted by atomic mass is 16.5. The van der Waals surface area contributed by atoms with Crippen LogP contribution in [0.1, 0.15) is 40.5 Å². The quantitative estimate of drug-likeness (QED) is 0.667. The molecule has 0 spiro atoms. The Hall–Kier alpha value is -0.160. The summed E-state index contributed by atoms with van der Waals surface area (Å²) in [5.74, 6) is 0. The van der Waals surface area contributed by atoms with Gasteiger partial charge in [0.1, 0.15) is 0 Å². The van der Waals surface area contributed by atoms with E-state index in [1.54, 1.807) is 7.11 Å². The Morgan fingerprint density at radius 2 is 2.10 bits per heavy atom. The van der Waals surface area contributed by atoms with Crippen LogP contribution in [0.25, 0.3) is 0 Å². The van der Waals surface area contributed by atoms with Crippen LogP contribution in [0.4, 0.5) is 0 Å². The lowest BCUT2D eigenvalue weighted by atomic mass is 9.85. The van der Waals surface area contributed by atoms with Crippen LogP contribution in [0.3, 0.4) is 0 Å². The van der Waals surface area contributed by atoms with Crippen LogP contribution in [0.15, 0.2) is 0 Å². The molecule has 2 atom stereocenters. The predicted molar refractivity (Wildman–Crippen MR) is 84.2 cm³/mol. The van der Waals surface area contributed by atoms with Crippen molar-refractivity contribution in [3.63, 3.8) is 0 Å². The highest BCUT2D eigenvalue weighted by molar-refractivity contribution is 4.90. The van der Waals surface area contributed by atoms with E-state index in [1.165, 1.54) is 6.42 Å². The molecule has 2 unspecified atom stereocenters. The second-order valence-electron chi connectivity index (χ2n) is 6.56. The number of hydrogen-bond acceptors (Lipinski definition) is 4. The average molecular weight is 286 g/mol. The Labute approximate surface area is 125 Å². The van der Waals surface area contributed by atoms with E-state index in [2.05, 4.69) is 37.9 Å². The fourth-order valence-electron chi connectivity index (χ4n) is 2.74. The fourth-order valence-corrected chi connectivity index (χ4v) is 2.74. The zero-order valence-electron chi connectivity index (χ0n) is 14.1. The minimum Gasteiger partial charge on any atom is -0.383 e. The van der Waals surface area contributed by atoms with Gasteiger partial charge in [-0.2, -0.15) is 0 Å². The Kier molecular flexibility index (Phi) is 8.03. The standard InChI is InChI=1S/C16H34N2O2/c1-6-15(4)18(8-10-19-5)12-16(7-9-20-13-16)11-17-14(2)3/h14-15,17H,6-13H2,1-5H3. The molecule has 4 nitrogen and oxygen atoms in total. The molecule has 1 heterocycles. The van der Waals surface area contributed by atoms with E-state index in [1.807, 2.05) is 0 Å². The summed E-state index contributed by atoms with van der Waals surface area (Å²) in [7, 11) is 1.78. The summed E-state index contributed by atoms with van der Waals surface area (Å²) in [6.45, 7) is 14.7. The van der Waals surface area contributed by atoms with Crippen molar-refractivity contribution in [1.29, 1.82) is 0 Å². The van der Waals surface area contributed by atoms with Crippen LogP contribution in [0.2, 0.25) is 0 Å². The molecule has 1 N–H and O–H groups in total. The maximum atomic E-state index is 5.71. The van der Waals surface area contributed by atoms with Gasteiger partial charge in [0.2, 0.25) is 0 Å². The molecule has 0 radical (unpaired) electrons. The van der Waals surface area contributed by atoms with Crippen LogP contribution in [-0.4, -0.2) is 63.5 Å². The molecule has 1 saturated heterocycles. The minimum atomic E-state index is 0.265. The zero-order chi connectivity index (χ0) is 15.0. The second kappa shape index (κ2) is 8.98. The van der Waals surface area contributed by atoms with Crippen molar-refractivity contribution in [2.45, 2.75) is 52.6 Å². The summed E-state index contributed by atoms with van der Waals surface area (Å²) in [5, 5.41) is 3.61. The molecular weight excluding hydrogens is 252 g/mol. The summed E-state index contributed by atoms with van der Waals surface area (Å²) >= 11 is 0. The Bertz CT molecular complexity index is 253. The Balaban J connectivity index is 2.64. The Morgan fingerprint density at radius 1 is 1.35 bits per heavy atom. The van der Waals surface area contributed by atoms with Gasteiger partial charge >= 0.3 is 0 Å². The maximum absolute atomic E-state index is 5.71. The molecule has 0 aromatic carbocycles. The first-order chi connectivity index (χ1) is 9.53. The number of rotatable bonds is 10. The van der Waals surface area contributed by atoms with Crippen molar-refractivity contribution < 1.29 is 9.47 Å². The van der Waals surface area contributed by atoms with Crippen molar-refractivity contribution in [3.8, 4) is 0 Å². The molecule has 0 amide bonds. The summed E-state index contributed by atoms with van der Waals surface area (Å²) in [4.78, 5) is 2.57. The third-order valence-corrected chi connectivity index (χ3v) is 4.41. The summed E-state index contributed by atoms with van der Waals surface area (Å²) in [5.41, 5.74) is 0.265. The van der Waals surface area contributed by atoms with Crippen LogP contribution in [0.5, 0.6) is 0 Å². The molecule has 0 bridgehead atoms. The van der Waals surface area contributed by atoms with Gasteiger partial charge in [0, 0.05) is 50.8 Å². The van der Waals surface area contributed by atoms with E-state index in [9.17, 15) is 0 Å². The topological polar surface area (TPSA) is 33.7 Å². The monoisotopic (exact) mass is 286 g/mol. The lowest BCUT2D eigenvalue weighted by Crippen LogP contribution is -2.49. The Morgan fingerprint density at radius 3 is 2.60 bits per heavy atom. The SMILES string of the molecule is CCC(C)N(CCOC)CC1(CNC(C)C)CCOC1. The number of ether oxygens (including phenoxy) is 2. The van der Waals surface area contributed by atoms with E-state index < -0.39 is 0 Å². The van der Waals surface area contributed by atoms with Gasteiger partial charge < -0.3 is 14.8 Å². The number of methoxy groups -OCH3 is 1. The molecule has 0 aromatic rings. The number of nitrogens with zero attached hydrogens (tertiary/aromatic N) is 1. The van der Waals surface area contributed by atoms with E-state index >= 15 is 0 Å². The zero-order valence-corrected chi connectivity index (χ0v) is 14.1. The van der Waals surface area contributed by atoms with Gasteiger partial charge in [-0.1, -0.05) is 20.8 Å². The van der Waals surface area contributed by atoms with Crippen LogP contribution < -0.4 is 5.32 Å². The molecule has 1 rings (SSSR count). The summed E-state index contributed by atoms with van der Waals surface area (Å²) in [6.07, 6.45) is 2.34. The molecule has 1 fully saturated rings. The number of hydrogen-bond donors (Lipinski definition) is 1. The average Bonchev–Trinajstić information content (AvgIpc) is 2.89. The molecule has 0 saturated carbocycles. The molecule has 0 aromatic heterocycles. The van der Waals surface area contributed by atoms with Crippen LogP contribution in [-0.2, 0) is 9.47 Å². The molecular formula is C16H34N2O2. The molecule has 4 heteroatoms. The maximum Gasteiger partial charge on any atom is 0.0589 e. The third-order valence-electron chi connectivity index (χ3n) is 4.41. The minimum absolute atomic E-state index is 0.265. The molecule has 0 aliphatic carbocycles. The first-order valence-corrected chi connectivity index (χ1v) is 8.07. The predicted octanol–water partition coefficient (Wildman–Crippen LogP) is 2.14.